The van der Waals surface area contributed by atoms with Crippen LogP contribution in [0, 0.1) is 23.2 Å². The fourth-order valence-electron chi connectivity index (χ4n) is 3.11. The number of rotatable bonds is 2. The maximum Gasteiger partial charge on any atom is -0.0292 e. The van der Waals surface area contributed by atoms with Gasteiger partial charge in [-0.3, -0.25) is 0 Å². The van der Waals surface area contributed by atoms with Gasteiger partial charge in [0.1, 0.15) is 0 Å². The first-order valence-corrected chi connectivity index (χ1v) is 5.10. The summed E-state index contributed by atoms with van der Waals surface area (Å²) in [5.74, 6) is 3.13. The largest absolute Gasteiger partial charge is 0.0628 e. The van der Waals surface area contributed by atoms with Crippen molar-refractivity contribution in [1.29, 1.82) is 0 Å². The van der Waals surface area contributed by atoms with Crippen LogP contribution in [0.5, 0.6) is 0 Å². The van der Waals surface area contributed by atoms with E-state index in [0.29, 0.717) is 0 Å². The molecule has 0 amide bonds. The Morgan fingerprint density at radius 1 is 1.36 bits per heavy atom. The van der Waals surface area contributed by atoms with Crippen LogP contribution in [-0.4, -0.2) is 0 Å². The molecular formula is C11H20. The van der Waals surface area contributed by atoms with Gasteiger partial charge in [0.05, 0.1) is 0 Å². The van der Waals surface area contributed by atoms with Gasteiger partial charge in [0.2, 0.25) is 0 Å². The summed E-state index contributed by atoms with van der Waals surface area (Å²) in [4.78, 5) is 0. The Morgan fingerprint density at radius 3 is 2.55 bits per heavy atom. The van der Waals surface area contributed by atoms with Gasteiger partial charge in [-0.1, -0.05) is 20.8 Å². The van der Waals surface area contributed by atoms with E-state index in [9.17, 15) is 0 Å². The maximum atomic E-state index is 2.48. The molecule has 0 aromatic heterocycles. The van der Waals surface area contributed by atoms with Crippen molar-refractivity contribution in [2.24, 2.45) is 23.2 Å². The molecule has 0 nitrogen and oxygen atoms in total. The van der Waals surface area contributed by atoms with Crippen molar-refractivity contribution in [3.8, 4) is 0 Å². The van der Waals surface area contributed by atoms with Crippen LogP contribution >= 0.6 is 0 Å². The van der Waals surface area contributed by atoms with Gasteiger partial charge in [-0.05, 0) is 48.9 Å². The van der Waals surface area contributed by atoms with Crippen LogP contribution in [0.15, 0.2) is 0 Å². The zero-order valence-electron chi connectivity index (χ0n) is 8.06. The quantitative estimate of drug-likeness (QED) is 0.568. The van der Waals surface area contributed by atoms with E-state index in [-0.39, 0.29) is 0 Å². The fraction of sp³-hybridized carbons (Fsp3) is 1.00. The lowest BCUT2D eigenvalue weighted by atomic mass is 9.91. The van der Waals surface area contributed by atoms with E-state index in [1.54, 1.807) is 12.8 Å². The Labute approximate surface area is 70.4 Å². The van der Waals surface area contributed by atoms with Crippen molar-refractivity contribution in [3.63, 3.8) is 0 Å². The summed E-state index contributed by atoms with van der Waals surface area (Å²) in [7, 11) is 0. The zero-order valence-corrected chi connectivity index (χ0v) is 8.06. The molecule has 3 atom stereocenters. The minimum Gasteiger partial charge on any atom is -0.0628 e. The van der Waals surface area contributed by atoms with E-state index in [2.05, 4.69) is 20.8 Å². The summed E-state index contributed by atoms with van der Waals surface area (Å²) in [6.45, 7) is 7.19. The van der Waals surface area contributed by atoms with Crippen LogP contribution in [0.1, 0.15) is 46.5 Å². The molecule has 0 aliphatic heterocycles. The Kier molecular flexibility index (Phi) is 1.56. The Bertz CT molecular complexity index is 157. The Hall–Kier alpha value is 0. The number of hydrogen-bond donors (Lipinski definition) is 0. The van der Waals surface area contributed by atoms with Gasteiger partial charge in [-0.2, -0.15) is 0 Å². The van der Waals surface area contributed by atoms with Crippen molar-refractivity contribution in [1.82, 2.24) is 0 Å². The van der Waals surface area contributed by atoms with E-state index < -0.39 is 0 Å². The third-order valence-corrected chi connectivity index (χ3v) is 3.72. The first kappa shape index (κ1) is 7.64. The molecule has 64 valence electrons. The van der Waals surface area contributed by atoms with Crippen LogP contribution in [0.2, 0.25) is 0 Å². The minimum atomic E-state index is 0.819. The van der Waals surface area contributed by atoms with E-state index in [1.165, 1.54) is 12.8 Å². The smallest absolute Gasteiger partial charge is 0.0292 e. The van der Waals surface area contributed by atoms with Crippen LogP contribution in [0.3, 0.4) is 0 Å². The molecule has 0 heteroatoms. The predicted octanol–water partition coefficient (Wildman–Crippen LogP) is 3.47. The third-order valence-electron chi connectivity index (χ3n) is 3.72. The van der Waals surface area contributed by atoms with E-state index in [4.69, 9.17) is 0 Å². The van der Waals surface area contributed by atoms with Crippen LogP contribution < -0.4 is 0 Å². The second-order valence-electron chi connectivity index (χ2n) is 5.49. The van der Waals surface area contributed by atoms with Crippen molar-refractivity contribution in [3.05, 3.63) is 0 Å². The SMILES string of the molecule is CC(C)CC1CC2CC2(C)C1. The van der Waals surface area contributed by atoms with Gasteiger partial charge >= 0.3 is 0 Å². The molecule has 0 radical (unpaired) electrons. The summed E-state index contributed by atoms with van der Waals surface area (Å²) in [5, 5.41) is 0. The van der Waals surface area contributed by atoms with Crippen molar-refractivity contribution >= 4 is 0 Å². The summed E-state index contributed by atoms with van der Waals surface area (Å²) in [5.41, 5.74) is 0.819. The monoisotopic (exact) mass is 152 g/mol. The van der Waals surface area contributed by atoms with Gasteiger partial charge in [-0.15, -0.1) is 0 Å². The molecule has 11 heavy (non-hydrogen) atoms. The topological polar surface area (TPSA) is 0 Å². The van der Waals surface area contributed by atoms with Gasteiger partial charge < -0.3 is 0 Å². The molecule has 0 heterocycles. The highest BCUT2D eigenvalue weighted by molar-refractivity contribution is 5.05. The molecule has 3 unspecified atom stereocenters. The standard InChI is InChI=1S/C11H20/c1-8(2)4-9-5-10-7-11(10,3)6-9/h8-10H,4-7H2,1-3H3. The predicted molar refractivity (Wildman–Crippen MR) is 48.4 cm³/mol. The molecule has 2 rings (SSSR count). The Morgan fingerprint density at radius 2 is 2.09 bits per heavy atom. The second-order valence-corrected chi connectivity index (χ2v) is 5.49. The zero-order chi connectivity index (χ0) is 8.06. The van der Waals surface area contributed by atoms with Crippen LogP contribution in [-0.2, 0) is 0 Å². The van der Waals surface area contributed by atoms with Gasteiger partial charge in [0.25, 0.3) is 0 Å². The molecule has 2 aliphatic carbocycles. The average Bonchev–Trinajstić information content (AvgIpc) is 2.30. The van der Waals surface area contributed by atoms with Crippen molar-refractivity contribution in [2.45, 2.75) is 46.5 Å². The molecule has 0 saturated heterocycles. The maximum absolute atomic E-state index is 2.48. The van der Waals surface area contributed by atoms with Crippen LogP contribution in [0.4, 0.5) is 0 Å². The number of fused-ring (bicyclic) bond motifs is 1. The average molecular weight is 152 g/mol. The van der Waals surface area contributed by atoms with Crippen molar-refractivity contribution < 1.29 is 0 Å². The normalized spacial score (nSPS) is 48.0. The highest BCUT2D eigenvalue weighted by atomic mass is 14.6. The van der Waals surface area contributed by atoms with E-state index in [1.807, 2.05) is 0 Å². The lowest BCUT2D eigenvalue weighted by Gasteiger charge is -2.15. The highest BCUT2D eigenvalue weighted by Crippen LogP contribution is 2.65. The molecule has 2 fully saturated rings. The summed E-state index contributed by atoms with van der Waals surface area (Å²) in [6, 6.07) is 0. The lowest BCUT2D eigenvalue weighted by Crippen LogP contribution is -2.03. The molecule has 2 saturated carbocycles. The fourth-order valence-corrected chi connectivity index (χ4v) is 3.11. The molecule has 0 aromatic carbocycles. The van der Waals surface area contributed by atoms with Crippen molar-refractivity contribution in [2.75, 3.05) is 0 Å². The Balaban J connectivity index is 1.83. The molecule has 0 spiro atoms. The van der Waals surface area contributed by atoms with Crippen LogP contribution in [0.25, 0.3) is 0 Å². The van der Waals surface area contributed by atoms with Gasteiger partial charge in [0.15, 0.2) is 0 Å². The molecular weight excluding hydrogens is 132 g/mol. The van der Waals surface area contributed by atoms with Gasteiger partial charge in [0, 0.05) is 0 Å². The van der Waals surface area contributed by atoms with E-state index >= 15 is 0 Å². The second kappa shape index (κ2) is 2.24. The number of hydrogen-bond acceptors (Lipinski definition) is 0. The summed E-state index contributed by atoms with van der Waals surface area (Å²) in [6.07, 6.45) is 6.11. The molecule has 0 aromatic rings. The van der Waals surface area contributed by atoms with E-state index in [0.717, 1.165) is 23.2 Å². The first-order chi connectivity index (χ1) is 5.10. The highest BCUT2D eigenvalue weighted by Gasteiger charge is 2.55. The van der Waals surface area contributed by atoms with Gasteiger partial charge in [-0.25, -0.2) is 0 Å². The third kappa shape index (κ3) is 1.32. The first-order valence-electron chi connectivity index (χ1n) is 5.10. The minimum absolute atomic E-state index is 0.819. The molecule has 0 bridgehead atoms. The molecule has 0 N–H and O–H groups in total. The lowest BCUT2D eigenvalue weighted by molar-refractivity contribution is 0.365. The molecule has 2 aliphatic rings. The summed E-state index contributed by atoms with van der Waals surface area (Å²) >= 11 is 0. The summed E-state index contributed by atoms with van der Waals surface area (Å²) < 4.78 is 0.